The number of likely N-dealkylation sites (N-methyl/N-ethyl adjacent to an activating group) is 1. The van der Waals surface area contributed by atoms with Crippen LogP contribution in [0.15, 0.2) is 48.5 Å². The first-order valence-electron chi connectivity index (χ1n) is 8.00. The number of anilines is 1. The van der Waals surface area contributed by atoms with Crippen LogP contribution in [0.25, 0.3) is 22.3 Å². The van der Waals surface area contributed by atoms with E-state index in [1.807, 2.05) is 24.3 Å². The van der Waals surface area contributed by atoms with Crippen molar-refractivity contribution < 1.29 is 4.90 Å². The zero-order chi connectivity index (χ0) is 16.2. The molecule has 3 rings (SSSR count). The van der Waals surface area contributed by atoms with Crippen molar-refractivity contribution >= 4 is 16.7 Å². The van der Waals surface area contributed by atoms with Gasteiger partial charge in [-0.3, -0.25) is 0 Å². The summed E-state index contributed by atoms with van der Waals surface area (Å²) in [6.45, 7) is 4.01. The highest BCUT2D eigenvalue weighted by Crippen LogP contribution is 2.25. The van der Waals surface area contributed by atoms with Gasteiger partial charge in [-0.25, -0.2) is 9.97 Å². The zero-order valence-corrected chi connectivity index (χ0v) is 13.9. The minimum Gasteiger partial charge on any atom is -0.364 e. The highest BCUT2D eigenvalue weighted by molar-refractivity contribution is 5.90. The molecule has 0 unspecified atom stereocenters. The smallest absolute Gasteiger partial charge is 0.162 e. The van der Waals surface area contributed by atoms with Crippen LogP contribution in [0.3, 0.4) is 0 Å². The second-order valence-electron chi connectivity index (χ2n) is 6.17. The van der Waals surface area contributed by atoms with E-state index in [0.29, 0.717) is 0 Å². The number of aromatic nitrogens is 2. The molecule has 3 aromatic rings. The average molecular weight is 307 g/mol. The van der Waals surface area contributed by atoms with E-state index in [0.717, 1.165) is 41.2 Å². The molecule has 0 atom stereocenters. The van der Waals surface area contributed by atoms with Crippen LogP contribution in [0.4, 0.5) is 5.82 Å². The lowest BCUT2D eigenvalue weighted by Gasteiger charge is -2.12. The van der Waals surface area contributed by atoms with Crippen molar-refractivity contribution in [1.82, 2.24) is 9.97 Å². The Kier molecular flexibility index (Phi) is 4.53. The van der Waals surface area contributed by atoms with Crippen molar-refractivity contribution in [1.29, 1.82) is 0 Å². The van der Waals surface area contributed by atoms with E-state index in [2.05, 4.69) is 50.6 Å². The molecule has 2 aromatic carbocycles. The lowest BCUT2D eigenvalue weighted by atomic mass is 10.1. The fourth-order valence-electron chi connectivity index (χ4n) is 2.56. The quantitative estimate of drug-likeness (QED) is 0.759. The second-order valence-corrected chi connectivity index (χ2v) is 6.17. The number of rotatable bonds is 5. The molecule has 4 nitrogen and oxygen atoms in total. The Morgan fingerprint density at radius 1 is 1.00 bits per heavy atom. The van der Waals surface area contributed by atoms with Crippen molar-refractivity contribution in [2.75, 3.05) is 32.5 Å². The van der Waals surface area contributed by atoms with Crippen LogP contribution in [0.5, 0.6) is 0 Å². The maximum atomic E-state index is 4.78. The van der Waals surface area contributed by atoms with Crippen LogP contribution < -0.4 is 10.2 Å². The Morgan fingerprint density at radius 2 is 1.83 bits per heavy atom. The topological polar surface area (TPSA) is 42.2 Å². The third-order valence-electron chi connectivity index (χ3n) is 3.80. The van der Waals surface area contributed by atoms with Crippen molar-refractivity contribution in [3.8, 4) is 11.4 Å². The minimum atomic E-state index is 0.770. The van der Waals surface area contributed by atoms with Crippen LogP contribution in [-0.4, -0.2) is 37.2 Å². The molecule has 0 aliphatic carbocycles. The molecular weight excluding hydrogens is 284 g/mol. The second kappa shape index (κ2) is 6.75. The number of hydrogen-bond donors (Lipinski definition) is 2. The van der Waals surface area contributed by atoms with Gasteiger partial charge in [0.05, 0.1) is 32.7 Å². The fourth-order valence-corrected chi connectivity index (χ4v) is 2.56. The molecule has 0 amide bonds. The molecule has 23 heavy (non-hydrogen) atoms. The van der Waals surface area contributed by atoms with Gasteiger partial charge in [-0.05, 0) is 25.1 Å². The summed E-state index contributed by atoms with van der Waals surface area (Å²) in [6.07, 6.45) is 0. The number of quaternary nitrogens is 1. The van der Waals surface area contributed by atoms with Crippen LogP contribution in [0, 0.1) is 6.92 Å². The third kappa shape index (κ3) is 3.66. The van der Waals surface area contributed by atoms with Crippen LogP contribution in [0.1, 0.15) is 5.56 Å². The van der Waals surface area contributed by atoms with Crippen molar-refractivity contribution in [2.45, 2.75) is 6.92 Å². The SMILES string of the molecule is Cc1cccc(-c2nc(NCC[NH+](C)C)c3ccccc3n2)c1. The van der Waals surface area contributed by atoms with E-state index in [1.54, 1.807) is 0 Å². The number of benzene rings is 2. The van der Waals surface area contributed by atoms with Gasteiger partial charge in [0.2, 0.25) is 0 Å². The zero-order valence-electron chi connectivity index (χ0n) is 13.9. The predicted octanol–water partition coefficient (Wildman–Crippen LogP) is 2.16. The van der Waals surface area contributed by atoms with Gasteiger partial charge >= 0.3 is 0 Å². The number of fused-ring (bicyclic) bond motifs is 1. The third-order valence-corrected chi connectivity index (χ3v) is 3.80. The van der Waals surface area contributed by atoms with Crippen molar-refractivity contribution in [2.24, 2.45) is 0 Å². The molecule has 2 N–H and O–H groups in total. The van der Waals surface area contributed by atoms with Crippen LogP contribution in [-0.2, 0) is 0 Å². The molecule has 118 valence electrons. The highest BCUT2D eigenvalue weighted by atomic mass is 15.1. The molecule has 0 aliphatic heterocycles. The summed E-state index contributed by atoms with van der Waals surface area (Å²) >= 11 is 0. The van der Waals surface area contributed by atoms with Crippen LogP contribution >= 0.6 is 0 Å². The standard InChI is InChI=1S/C19H22N4/c1-14-7-6-8-15(13-14)18-21-17-10-5-4-9-16(17)19(22-18)20-11-12-23(2)3/h4-10,13H,11-12H2,1-3H3,(H,20,21,22)/p+1. The van der Waals surface area contributed by atoms with E-state index >= 15 is 0 Å². The Morgan fingerprint density at radius 3 is 2.61 bits per heavy atom. The minimum absolute atomic E-state index is 0.770. The van der Waals surface area contributed by atoms with Gasteiger partial charge in [-0.1, -0.05) is 35.9 Å². The van der Waals surface area contributed by atoms with E-state index in [4.69, 9.17) is 9.97 Å². The van der Waals surface area contributed by atoms with Gasteiger partial charge in [0.15, 0.2) is 5.82 Å². The lowest BCUT2D eigenvalue weighted by molar-refractivity contribution is -0.856. The van der Waals surface area contributed by atoms with E-state index in [-0.39, 0.29) is 0 Å². The lowest BCUT2D eigenvalue weighted by Crippen LogP contribution is -3.06. The molecule has 0 saturated heterocycles. The fraction of sp³-hybridized carbons (Fsp3) is 0.263. The van der Waals surface area contributed by atoms with Gasteiger partial charge in [-0.2, -0.15) is 0 Å². The van der Waals surface area contributed by atoms with Gasteiger partial charge in [-0.15, -0.1) is 0 Å². The van der Waals surface area contributed by atoms with E-state index in [9.17, 15) is 0 Å². The highest BCUT2D eigenvalue weighted by Gasteiger charge is 2.09. The molecule has 0 spiro atoms. The van der Waals surface area contributed by atoms with E-state index in [1.165, 1.54) is 10.5 Å². The summed E-state index contributed by atoms with van der Waals surface area (Å²) in [5, 5.41) is 4.54. The predicted molar refractivity (Wildman–Crippen MR) is 95.9 cm³/mol. The molecule has 0 saturated carbocycles. The molecule has 1 heterocycles. The number of hydrogen-bond acceptors (Lipinski definition) is 3. The molecule has 1 aromatic heterocycles. The molecule has 0 radical (unpaired) electrons. The molecular formula is C19H23N4+. The summed E-state index contributed by atoms with van der Waals surface area (Å²) in [5.41, 5.74) is 3.24. The van der Waals surface area contributed by atoms with E-state index < -0.39 is 0 Å². The molecule has 0 bridgehead atoms. The number of para-hydroxylation sites is 1. The summed E-state index contributed by atoms with van der Waals surface area (Å²) < 4.78 is 0. The number of nitrogens with one attached hydrogen (secondary N) is 2. The van der Waals surface area contributed by atoms with Gasteiger partial charge in [0.1, 0.15) is 5.82 Å². The Bertz CT molecular complexity index is 811. The first-order chi connectivity index (χ1) is 11.1. The summed E-state index contributed by atoms with van der Waals surface area (Å²) in [7, 11) is 4.30. The summed E-state index contributed by atoms with van der Waals surface area (Å²) in [6, 6.07) is 16.5. The van der Waals surface area contributed by atoms with Gasteiger partial charge in [0, 0.05) is 10.9 Å². The average Bonchev–Trinajstić information content (AvgIpc) is 2.54. The maximum absolute atomic E-state index is 4.78. The molecule has 0 aliphatic rings. The van der Waals surface area contributed by atoms with Gasteiger partial charge in [0.25, 0.3) is 0 Å². The monoisotopic (exact) mass is 307 g/mol. The largest absolute Gasteiger partial charge is 0.364 e. The van der Waals surface area contributed by atoms with Crippen molar-refractivity contribution in [3.05, 3.63) is 54.1 Å². The maximum Gasteiger partial charge on any atom is 0.162 e. The first kappa shape index (κ1) is 15.4. The number of nitrogens with zero attached hydrogens (tertiary/aromatic N) is 2. The van der Waals surface area contributed by atoms with Gasteiger partial charge < -0.3 is 10.2 Å². The normalized spacial score (nSPS) is 11.1. The molecule has 4 heteroatoms. The summed E-state index contributed by atoms with van der Waals surface area (Å²) in [5.74, 6) is 1.68. The Balaban J connectivity index is 2.03. The Labute approximate surface area is 137 Å². The number of aryl methyl sites for hydroxylation is 1. The first-order valence-corrected chi connectivity index (χ1v) is 8.00. The summed E-state index contributed by atoms with van der Waals surface area (Å²) in [4.78, 5) is 10.9. The van der Waals surface area contributed by atoms with Crippen molar-refractivity contribution in [3.63, 3.8) is 0 Å². The molecule has 0 fully saturated rings. The van der Waals surface area contributed by atoms with Crippen LogP contribution in [0.2, 0.25) is 0 Å². The Hall–Kier alpha value is -2.46.